The van der Waals surface area contributed by atoms with E-state index in [1.165, 1.54) is 19.2 Å². The standard InChI is InChI=1S/C22H20N2O5/c1-28-19(25)14-18(22(27)29-2)20-17-11-7-6-8-15(17)12-13-24(20)23-21(26)16-9-4-3-5-10-16/h3-14,20H,1-2H3,(H,23,26)/b18-14-. The summed E-state index contributed by atoms with van der Waals surface area (Å²) in [5.41, 5.74) is 4.84. The van der Waals surface area contributed by atoms with Crippen LogP contribution in [0.25, 0.3) is 6.08 Å². The van der Waals surface area contributed by atoms with E-state index in [4.69, 9.17) is 9.47 Å². The van der Waals surface area contributed by atoms with E-state index in [1.807, 2.05) is 36.4 Å². The summed E-state index contributed by atoms with van der Waals surface area (Å²) in [7, 11) is 2.45. The van der Waals surface area contributed by atoms with E-state index < -0.39 is 18.0 Å². The minimum Gasteiger partial charge on any atom is -0.466 e. The van der Waals surface area contributed by atoms with Crippen LogP contribution in [0.2, 0.25) is 0 Å². The van der Waals surface area contributed by atoms with Gasteiger partial charge in [-0.05, 0) is 29.3 Å². The molecule has 3 rings (SSSR count). The molecule has 1 heterocycles. The summed E-state index contributed by atoms with van der Waals surface area (Å²) in [6.07, 6.45) is 4.53. The lowest BCUT2D eigenvalue weighted by Gasteiger charge is -2.35. The number of benzene rings is 2. The van der Waals surface area contributed by atoms with Gasteiger partial charge in [0.05, 0.1) is 19.8 Å². The zero-order valence-corrected chi connectivity index (χ0v) is 16.0. The third-order valence-electron chi connectivity index (χ3n) is 4.44. The molecular weight excluding hydrogens is 372 g/mol. The van der Waals surface area contributed by atoms with Gasteiger partial charge in [0.25, 0.3) is 5.91 Å². The lowest BCUT2D eigenvalue weighted by molar-refractivity contribution is -0.139. The van der Waals surface area contributed by atoms with E-state index in [1.54, 1.807) is 30.5 Å². The maximum atomic E-state index is 12.7. The lowest BCUT2D eigenvalue weighted by Crippen LogP contribution is -2.44. The number of hydrogen-bond donors (Lipinski definition) is 1. The molecule has 1 aliphatic heterocycles. The molecule has 148 valence electrons. The molecule has 0 fully saturated rings. The Labute approximate surface area is 168 Å². The van der Waals surface area contributed by atoms with Crippen LogP contribution in [-0.4, -0.2) is 37.1 Å². The number of fused-ring (bicyclic) bond motifs is 1. The Bertz CT molecular complexity index is 982. The first kappa shape index (κ1) is 19.9. The van der Waals surface area contributed by atoms with Crippen LogP contribution in [0.15, 0.2) is 72.4 Å². The number of nitrogens with zero attached hydrogens (tertiary/aromatic N) is 1. The van der Waals surface area contributed by atoms with Crippen LogP contribution in [0.3, 0.4) is 0 Å². The molecule has 1 unspecified atom stereocenters. The second-order valence-electron chi connectivity index (χ2n) is 6.18. The average Bonchev–Trinajstić information content (AvgIpc) is 2.77. The van der Waals surface area contributed by atoms with Crippen molar-refractivity contribution in [1.29, 1.82) is 0 Å². The fourth-order valence-electron chi connectivity index (χ4n) is 3.05. The van der Waals surface area contributed by atoms with Crippen molar-refractivity contribution in [1.82, 2.24) is 10.4 Å². The molecule has 1 atom stereocenters. The number of carbonyl (C=O) groups is 3. The number of rotatable bonds is 5. The zero-order chi connectivity index (χ0) is 20.8. The second-order valence-corrected chi connectivity index (χ2v) is 6.18. The largest absolute Gasteiger partial charge is 0.466 e. The summed E-state index contributed by atoms with van der Waals surface area (Å²) >= 11 is 0. The van der Waals surface area contributed by atoms with Gasteiger partial charge in [0.15, 0.2) is 0 Å². The maximum Gasteiger partial charge on any atom is 0.336 e. The van der Waals surface area contributed by atoms with Crippen LogP contribution in [-0.2, 0) is 19.1 Å². The molecule has 7 nitrogen and oxygen atoms in total. The Morgan fingerprint density at radius 1 is 0.966 bits per heavy atom. The predicted octanol–water partition coefficient (Wildman–Crippen LogP) is 2.63. The molecule has 1 amide bonds. The van der Waals surface area contributed by atoms with Crippen LogP contribution in [0.1, 0.15) is 27.5 Å². The summed E-state index contributed by atoms with van der Waals surface area (Å²) in [6, 6.07) is 15.3. The molecular formula is C22H20N2O5. The zero-order valence-electron chi connectivity index (χ0n) is 16.0. The Morgan fingerprint density at radius 2 is 1.66 bits per heavy atom. The van der Waals surface area contributed by atoms with Gasteiger partial charge in [0.1, 0.15) is 6.04 Å². The molecule has 29 heavy (non-hydrogen) atoms. The van der Waals surface area contributed by atoms with Crippen molar-refractivity contribution in [2.24, 2.45) is 0 Å². The van der Waals surface area contributed by atoms with E-state index in [0.29, 0.717) is 5.56 Å². The molecule has 0 aliphatic carbocycles. The quantitative estimate of drug-likeness (QED) is 0.622. The van der Waals surface area contributed by atoms with Gasteiger partial charge in [-0.25, -0.2) is 9.59 Å². The van der Waals surface area contributed by atoms with Crippen LogP contribution in [0, 0.1) is 0 Å². The molecule has 0 spiro atoms. The van der Waals surface area contributed by atoms with Crippen molar-refractivity contribution >= 4 is 23.9 Å². The summed E-state index contributed by atoms with van der Waals surface area (Å²) in [6.45, 7) is 0. The van der Waals surface area contributed by atoms with E-state index in [2.05, 4.69) is 5.43 Å². The molecule has 0 saturated carbocycles. The van der Waals surface area contributed by atoms with Gasteiger partial charge in [-0.3, -0.25) is 15.2 Å². The van der Waals surface area contributed by atoms with Gasteiger partial charge in [-0.1, -0.05) is 42.5 Å². The molecule has 0 radical (unpaired) electrons. The Morgan fingerprint density at radius 3 is 2.34 bits per heavy atom. The minimum atomic E-state index is -0.782. The van der Waals surface area contributed by atoms with Crippen LogP contribution < -0.4 is 5.43 Å². The fraction of sp³-hybridized carbons (Fsp3) is 0.136. The third-order valence-corrected chi connectivity index (χ3v) is 4.44. The van der Waals surface area contributed by atoms with E-state index >= 15 is 0 Å². The van der Waals surface area contributed by atoms with E-state index in [9.17, 15) is 14.4 Å². The van der Waals surface area contributed by atoms with Crippen molar-refractivity contribution in [2.75, 3.05) is 14.2 Å². The molecule has 1 aliphatic rings. The first-order valence-electron chi connectivity index (χ1n) is 8.84. The lowest BCUT2D eigenvalue weighted by atomic mass is 9.91. The van der Waals surface area contributed by atoms with Gasteiger partial charge in [0.2, 0.25) is 0 Å². The Balaban J connectivity index is 2.05. The first-order chi connectivity index (χ1) is 14.0. The van der Waals surface area contributed by atoms with E-state index in [0.717, 1.165) is 17.2 Å². The first-order valence-corrected chi connectivity index (χ1v) is 8.84. The van der Waals surface area contributed by atoms with Gasteiger partial charge in [-0.15, -0.1) is 0 Å². The van der Waals surface area contributed by atoms with Crippen molar-refractivity contribution in [3.8, 4) is 0 Å². The molecule has 0 bridgehead atoms. The van der Waals surface area contributed by atoms with Gasteiger partial charge >= 0.3 is 11.9 Å². The maximum absolute atomic E-state index is 12.7. The number of esters is 2. The third kappa shape index (κ3) is 4.35. The summed E-state index contributed by atoms with van der Waals surface area (Å²) in [5.74, 6) is -1.77. The summed E-state index contributed by atoms with van der Waals surface area (Å²) in [5, 5.41) is 1.48. The number of hydrazine groups is 1. The number of carbonyl (C=O) groups excluding carboxylic acids is 3. The molecule has 2 aromatic carbocycles. The smallest absolute Gasteiger partial charge is 0.336 e. The van der Waals surface area contributed by atoms with Gasteiger partial charge in [-0.2, -0.15) is 0 Å². The van der Waals surface area contributed by atoms with Crippen molar-refractivity contribution < 1.29 is 23.9 Å². The fourth-order valence-corrected chi connectivity index (χ4v) is 3.05. The molecule has 2 aromatic rings. The monoisotopic (exact) mass is 392 g/mol. The number of amides is 1. The SMILES string of the molecule is COC(=O)/C=C(\C(=O)OC)C1c2ccccc2C=CN1NC(=O)c1ccccc1. The van der Waals surface area contributed by atoms with Crippen molar-refractivity contribution in [2.45, 2.75) is 6.04 Å². The highest BCUT2D eigenvalue weighted by Gasteiger charge is 2.33. The predicted molar refractivity (Wildman–Crippen MR) is 106 cm³/mol. The normalized spacial score (nSPS) is 15.3. The summed E-state index contributed by atoms with van der Waals surface area (Å²) < 4.78 is 9.58. The number of ether oxygens (including phenoxy) is 2. The van der Waals surface area contributed by atoms with Crippen LogP contribution >= 0.6 is 0 Å². The highest BCUT2D eigenvalue weighted by molar-refractivity contribution is 5.98. The van der Waals surface area contributed by atoms with Crippen LogP contribution in [0.4, 0.5) is 0 Å². The highest BCUT2D eigenvalue weighted by atomic mass is 16.5. The number of nitrogens with one attached hydrogen (secondary N) is 1. The minimum absolute atomic E-state index is 0.0320. The van der Waals surface area contributed by atoms with Crippen molar-refractivity contribution in [3.63, 3.8) is 0 Å². The van der Waals surface area contributed by atoms with Gasteiger partial charge < -0.3 is 9.47 Å². The second kappa shape index (κ2) is 8.88. The van der Waals surface area contributed by atoms with E-state index in [-0.39, 0.29) is 11.5 Å². The topological polar surface area (TPSA) is 84.9 Å². The Kier molecular flexibility index (Phi) is 6.09. The molecule has 0 saturated heterocycles. The van der Waals surface area contributed by atoms with Gasteiger partial charge in [0, 0.05) is 17.8 Å². The highest BCUT2D eigenvalue weighted by Crippen LogP contribution is 2.35. The van der Waals surface area contributed by atoms with Crippen LogP contribution in [0.5, 0.6) is 0 Å². The Hall–Kier alpha value is -3.87. The summed E-state index contributed by atoms with van der Waals surface area (Å²) in [4.78, 5) is 37.1. The number of methoxy groups -OCH3 is 2. The molecule has 1 N–H and O–H groups in total. The van der Waals surface area contributed by atoms with Crippen molar-refractivity contribution in [3.05, 3.63) is 89.1 Å². The molecule has 0 aromatic heterocycles. The average molecular weight is 392 g/mol. The number of hydrogen-bond acceptors (Lipinski definition) is 6. The molecule has 7 heteroatoms.